The molecule has 0 spiro atoms. The molecule has 0 aliphatic carbocycles. The van der Waals surface area contributed by atoms with Gasteiger partial charge in [0.1, 0.15) is 0 Å². The quantitative estimate of drug-likeness (QED) is 0.680. The van der Waals surface area contributed by atoms with Crippen LogP contribution in [0.3, 0.4) is 0 Å². The lowest BCUT2D eigenvalue weighted by atomic mass is 9.96. The van der Waals surface area contributed by atoms with E-state index in [1.165, 1.54) is 0 Å². The summed E-state index contributed by atoms with van der Waals surface area (Å²) in [7, 11) is 4.22. The van der Waals surface area contributed by atoms with Crippen LogP contribution in [-0.4, -0.2) is 37.6 Å². The Bertz CT molecular complexity index is 389. The summed E-state index contributed by atoms with van der Waals surface area (Å²) < 4.78 is 5.45. The summed E-state index contributed by atoms with van der Waals surface area (Å²) >= 11 is 0. The Kier molecular flexibility index (Phi) is 7.31. The number of nitrogens with zero attached hydrogens (tertiary/aromatic N) is 1. The molecule has 0 N–H and O–H groups in total. The Labute approximate surface area is 122 Å². The first-order valence-electron chi connectivity index (χ1n) is 7.47. The minimum absolute atomic E-state index is 0.220. The first-order chi connectivity index (χ1) is 9.58. The summed E-state index contributed by atoms with van der Waals surface area (Å²) in [5, 5.41) is 0. The molecule has 0 heterocycles. The molecule has 1 rings (SSSR count). The molecule has 2 unspecified atom stereocenters. The summed E-state index contributed by atoms with van der Waals surface area (Å²) in [5.41, 5.74) is 0.627. The van der Waals surface area contributed by atoms with Gasteiger partial charge in [0.25, 0.3) is 0 Å². The van der Waals surface area contributed by atoms with Gasteiger partial charge in [0.2, 0.25) is 0 Å². The average molecular weight is 277 g/mol. The molecule has 0 aliphatic rings. The Morgan fingerprint density at radius 1 is 1.15 bits per heavy atom. The highest BCUT2D eigenvalue weighted by Gasteiger charge is 2.17. The highest BCUT2D eigenvalue weighted by atomic mass is 16.5. The maximum atomic E-state index is 11.9. The summed E-state index contributed by atoms with van der Waals surface area (Å²) in [6, 6.07) is 9.74. The van der Waals surface area contributed by atoms with Crippen molar-refractivity contribution in [2.75, 3.05) is 20.7 Å². The van der Waals surface area contributed by atoms with Crippen LogP contribution < -0.4 is 0 Å². The molecule has 0 amide bonds. The molecule has 0 radical (unpaired) electrons. The molecule has 1 aromatic rings. The number of benzene rings is 1. The van der Waals surface area contributed by atoms with E-state index in [1.807, 2.05) is 18.2 Å². The molecule has 1 aromatic carbocycles. The first-order valence-corrected chi connectivity index (χ1v) is 7.47. The number of carbonyl (C=O) groups excluding carboxylic acids is 1. The van der Waals surface area contributed by atoms with Crippen LogP contribution in [0.25, 0.3) is 0 Å². The minimum atomic E-state index is -0.220. The van der Waals surface area contributed by atoms with Crippen LogP contribution in [0.1, 0.15) is 43.5 Å². The molecular weight excluding hydrogens is 250 g/mol. The largest absolute Gasteiger partial charge is 0.462 e. The second-order valence-corrected chi connectivity index (χ2v) is 5.50. The molecule has 0 aromatic heterocycles. The third-order valence-electron chi connectivity index (χ3n) is 3.84. The number of hydrogen-bond donors (Lipinski definition) is 0. The summed E-state index contributed by atoms with van der Waals surface area (Å²) in [5.74, 6) is 0.206. The average Bonchev–Trinajstić information content (AvgIpc) is 2.47. The van der Waals surface area contributed by atoms with Crippen molar-refractivity contribution in [3.05, 3.63) is 35.9 Å². The van der Waals surface area contributed by atoms with Gasteiger partial charge in [-0.3, -0.25) is 0 Å². The lowest BCUT2D eigenvalue weighted by Crippen LogP contribution is -2.30. The molecule has 0 saturated carbocycles. The van der Waals surface area contributed by atoms with Crippen molar-refractivity contribution in [1.29, 1.82) is 0 Å². The van der Waals surface area contributed by atoms with E-state index in [-0.39, 0.29) is 5.97 Å². The Balaban J connectivity index is 2.47. The van der Waals surface area contributed by atoms with Crippen LogP contribution in [0.15, 0.2) is 30.3 Å². The van der Waals surface area contributed by atoms with Crippen molar-refractivity contribution in [3.63, 3.8) is 0 Å². The van der Waals surface area contributed by atoms with Crippen molar-refractivity contribution >= 4 is 5.97 Å². The first kappa shape index (κ1) is 16.7. The predicted molar refractivity (Wildman–Crippen MR) is 82.9 cm³/mol. The van der Waals surface area contributed by atoms with E-state index in [0.29, 0.717) is 24.1 Å². The topological polar surface area (TPSA) is 29.5 Å². The maximum absolute atomic E-state index is 11.9. The van der Waals surface area contributed by atoms with Crippen LogP contribution in [0, 0.1) is 5.92 Å². The second-order valence-electron chi connectivity index (χ2n) is 5.50. The molecule has 3 heteroatoms. The van der Waals surface area contributed by atoms with E-state index in [0.717, 1.165) is 19.3 Å². The lowest BCUT2D eigenvalue weighted by molar-refractivity contribution is 0.0408. The van der Waals surface area contributed by atoms with E-state index < -0.39 is 0 Å². The van der Waals surface area contributed by atoms with Gasteiger partial charge in [-0.1, -0.05) is 38.5 Å². The van der Waals surface area contributed by atoms with Gasteiger partial charge in [-0.2, -0.15) is 0 Å². The van der Waals surface area contributed by atoms with Crippen molar-refractivity contribution < 1.29 is 9.53 Å². The monoisotopic (exact) mass is 277 g/mol. The number of hydrogen-bond acceptors (Lipinski definition) is 3. The standard InChI is InChI=1S/C17H27NO2/c1-5-14(12-16(6-2)18(3)4)13-20-17(19)15-10-8-7-9-11-15/h7-11,14,16H,5-6,12-13H2,1-4H3. The lowest BCUT2D eigenvalue weighted by Gasteiger charge is -2.27. The van der Waals surface area contributed by atoms with E-state index in [1.54, 1.807) is 12.1 Å². The van der Waals surface area contributed by atoms with Crippen LogP contribution in [0.4, 0.5) is 0 Å². The summed E-state index contributed by atoms with van der Waals surface area (Å²) in [6.07, 6.45) is 3.23. The molecule has 0 bridgehead atoms. The fourth-order valence-corrected chi connectivity index (χ4v) is 2.33. The highest BCUT2D eigenvalue weighted by Crippen LogP contribution is 2.17. The zero-order chi connectivity index (χ0) is 15.0. The van der Waals surface area contributed by atoms with Gasteiger partial charge in [-0.05, 0) is 45.0 Å². The fraction of sp³-hybridized carbons (Fsp3) is 0.588. The Morgan fingerprint density at radius 3 is 2.30 bits per heavy atom. The fourth-order valence-electron chi connectivity index (χ4n) is 2.33. The van der Waals surface area contributed by atoms with Gasteiger partial charge in [0.05, 0.1) is 12.2 Å². The third kappa shape index (κ3) is 5.33. The van der Waals surface area contributed by atoms with Gasteiger partial charge in [-0.25, -0.2) is 4.79 Å². The molecule has 2 atom stereocenters. The van der Waals surface area contributed by atoms with Crippen molar-refractivity contribution in [2.45, 2.75) is 39.2 Å². The molecule has 0 aliphatic heterocycles. The van der Waals surface area contributed by atoms with E-state index in [9.17, 15) is 4.79 Å². The van der Waals surface area contributed by atoms with Crippen molar-refractivity contribution in [1.82, 2.24) is 4.90 Å². The summed E-state index contributed by atoms with van der Waals surface area (Å²) in [6.45, 7) is 4.87. The minimum Gasteiger partial charge on any atom is -0.462 e. The van der Waals surface area contributed by atoms with Gasteiger partial charge < -0.3 is 9.64 Å². The predicted octanol–water partition coefficient (Wildman–Crippen LogP) is 3.60. The van der Waals surface area contributed by atoms with Gasteiger partial charge in [0, 0.05) is 6.04 Å². The molecular formula is C17H27NO2. The smallest absolute Gasteiger partial charge is 0.338 e. The van der Waals surface area contributed by atoms with Crippen LogP contribution >= 0.6 is 0 Å². The SMILES string of the molecule is CCC(COC(=O)c1ccccc1)CC(CC)N(C)C. The highest BCUT2D eigenvalue weighted by molar-refractivity contribution is 5.89. The normalized spacial score (nSPS) is 14.1. The molecule has 0 fully saturated rings. The van der Waals surface area contributed by atoms with Crippen molar-refractivity contribution in [2.24, 2.45) is 5.92 Å². The van der Waals surface area contributed by atoms with E-state index in [4.69, 9.17) is 4.74 Å². The van der Waals surface area contributed by atoms with E-state index >= 15 is 0 Å². The van der Waals surface area contributed by atoms with Gasteiger partial charge in [-0.15, -0.1) is 0 Å². The molecule has 20 heavy (non-hydrogen) atoms. The zero-order valence-electron chi connectivity index (χ0n) is 13.1. The molecule has 0 saturated heterocycles. The van der Waals surface area contributed by atoms with Gasteiger partial charge in [0.15, 0.2) is 0 Å². The number of rotatable bonds is 8. The number of ether oxygens (including phenoxy) is 1. The van der Waals surface area contributed by atoms with Gasteiger partial charge >= 0.3 is 5.97 Å². The third-order valence-corrected chi connectivity index (χ3v) is 3.84. The van der Waals surface area contributed by atoms with Crippen LogP contribution in [0.2, 0.25) is 0 Å². The second kappa shape index (κ2) is 8.75. The van der Waals surface area contributed by atoms with Crippen LogP contribution in [0.5, 0.6) is 0 Å². The number of esters is 1. The van der Waals surface area contributed by atoms with Crippen molar-refractivity contribution in [3.8, 4) is 0 Å². The van der Waals surface area contributed by atoms with Crippen LogP contribution in [-0.2, 0) is 4.74 Å². The zero-order valence-corrected chi connectivity index (χ0v) is 13.1. The Hall–Kier alpha value is -1.35. The molecule has 3 nitrogen and oxygen atoms in total. The summed E-state index contributed by atoms with van der Waals surface area (Å²) in [4.78, 5) is 14.2. The number of carbonyl (C=O) groups is 1. The maximum Gasteiger partial charge on any atom is 0.338 e. The molecule has 112 valence electrons. The van der Waals surface area contributed by atoms with E-state index in [2.05, 4.69) is 32.8 Å². The Morgan fingerprint density at radius 2 is 1.80 bits per heavy atom.